The molecule has 0 unspecified atom stereocenters. The minimum atomic E-state index is -0.344. The second-order valence-corrected chi connectivity index (χ2v) is 4.94. The van der Waals surface area contributed by atoms with Crippen molar-refractivity contribution in [1.29, 1.82) is 0 Å². The minimum Gasteiger partial charge on any atom is -0.366 e. The zero-order valence-electron chi connectivity index (χ0n) is 9.78. The van der Waals surface area contributed by atoms with Gasteiger partial charge in [0.2, 0.25) is 5.91 Å². The van der Waals surface area contributed by atoms with Crippen LogP contribution in [0.3, 0.4) is 0 Å². The summed E-state index contributed by atoms with van der Waals surface area (Å²) in [6.45, 7) is 2.33. The molecule has 1 aromatic rings. The molecule has 0 radical (unpaired) electrons. The zero-order chi connectivity index (χ0) is 11.5. The highest BCUT2D eigenvalue weighted by Gasteiger charge is 2.19. The molecule has 2 nitrogen and oxygen atoms in total. The van der Waals surface area contributed by atoms with Crippen molar-refractivity contribution in [3.63, 3.8) is 0 Å². The van der Waals surface area contributed by atoms with Gasteiger partial charge in [-0.25, -0.2) is 0 Å². The lowest BCUT2D eigenvalue weighted by atomic mass is 9.79. The molecule has 1 aliphatic rings. The largest absolute Gasteiger partial charge is 0.366 e. The van der Waals surface area contributed by atoms with Crippen molar-refractivity contribution in [3.05, 3.63) is 35.4 Å². The molecule has 1 aromatic carbocycles. The number of hydrogen-bond acceptors (Lipinski definition) is 1. The van der Waals surface area contributed by atoms with Gasteiger partial charge in [0, 0.05) is 5.56 Å². The molecule has 0 heterocycles. The van der Waals surface area contributed by atoms with E-state index in [1.807, 2.05) is 12.1 Å². The molecule has 0 atom stereocenters. The maximum absolute atomic E-state index is 11.0. The van der Waals surface area contributed by atoms with Gasteiger partial charge in [0.25, 0.3) is 0 Å². The van der Waals surface area contributed by atoms with Crippen LogP contribution in [0.4, 0.5) is 0 Å². The Balaban J connectivity index is 2.07. The van der Waals surface area contributed by atoms with Gasteiger partial charge >= 0.3 is 0 Å². The van der Waals surface area contributed by atoms with E-state index in [2.05, 4.69) is 19.1 Å². The first kappa shape index (κ1) is 11.2. The molecule has 2 N–H and O–H groups in total. The van der Waals surface area contributed by atoms with Crippen LogP contribution in [0.2, 0.25) is 0 Å². The van der Waals surface area contributed by atoms with Crippen LogP contribution in [0.1, 0.15) is 54.4 Å². The number of benzene rings is 1. The molecule has 1 saturated carbocycles. The Kier molecular flexibility index (Phi) is 3.28. The molecule has 0 aromatic heterocycles. The number of rotatable bonds is 2. The zero-order valence-corrected chi connectivity index (χ0v) is 9.78. The normalized spacial score (nSPS) is 25.3. The monoisotopic (exact) mass is 217 g/mol. The third-order valence-corrected chi connectivity index (χ3v) is 3.68. The van der Waals surface area contributed by atoms with Crippen molar-refractivity contribution in [2.24, 2.45) is 11.7 Å². The van der Waals surface area contributed by atoms with Crippen LogP contribution < -0.4 is 5.73 Å². The topological polar surface area (TPSA) is 43.1 Å². The minimum absolute atomic E-state index is 0.344. The summed E-state index contributed by atoms with van der Waals surface area (Å²) in [5.41, 5.74) is 7.18. The van der Waals surface area contributed by atoms with E-state index in [1.54, 1.807) is 0 Å². The van der Waals surface area contributed by atoms with E-state index in [0.29, 0.717) is 11.5 Å². The van der Waals surface area contributed by atoms with Crippen molar-refractivity contribution in [1.82, 2.24) is 0 Å². The highest BCUT2D eigenvalue weighted by atomic mass is 16.1. The number of carbonyl (C=O) groups excluding carboxylic acids is 1. The number of amides is 1. The molecule has 0 bridgehead atoms. The number of carbonyl (C=O) groups is 1. The lowest BCUT2D eigenvalue weighted by Gasteiger charge is -2.26. The van der Waals surface area contributed by atoms with Crippen molar-refractivity contribution in [3.8, 4) is 0 Å². The molecule has 1 amide bonds. The summed E-state index contributed by atoms with van der Waals surface area (Å²) in [4.78, 5) is 11.0. The molecular weight excluding hydrogens is 198 g/mol. The van der Waals surface area contributed by atoms with E-state index in [9.17, 15) is 4.79 Å². The molecule has 16 heavy (non-hydrogen) atoms. The molecule has 2 rings (SSSR count). The van der Waals surface area contributed by atoms with Gasteiger partial charge in [-0.3, -0.25) is 4.79 Å². The second kappa shape index (κ2) is 4.69. The first-order chi connectivity index (χ1) is 7.66. The fourth-order valence-electron chi connectivity index (χ4n) is 2.51. The van der Waals surface area contributed by atoms with Crippen LogP contribution in [0.25, 0.3) is 0 Å². The molecule has 86 valence electrons. The first-order valence-corrected chi connectivity index (χ1v) is 6.06. The van der Waals surface area contributed by atoms with Crippen LogP contribution in [0.15, 0.2) is 24.3 Å². The summed E-state index contributed by atoms with van der Waals surface area (Å²) in [7, 11) is 0. The molecule has 0 spiro atoms. The fraction of sp³-hybridized carbons (Fsp3) is 0.500. The van der Waals surface area contributed by atoms with Crippen molar-refractivity contribution < 1.29 is 4.79 Å². The van der Waals surface area contributed by atoms with Crippen LogP contribution in [-0.2, 0) is 0 Å². The smallest absolute Gasteiger partial charge is 0.248 e. The van der Waals surface area contributed by atoms with Gasteiger partial charge in [0.05, 0.1) is 0 Å². The van der Waals surface area contributed by atoms with Gasteiger partial charge in [-0.15, -0.1) is 0 Å². The van der Waals surface area contributed by atoms with E-state index in [1.165, 1.54) is 31.2 Å². The van der Waals surface area contributed by atoms with Crippen LogP contribution in [-0.4, -0.2) is 5.91 Å². The van der Waals surface area contributed by atoms with E-state index in [0.717, 1.165) is 5.92 Å². The quantitative estimate of drug-likeness (QED) is 0.812. The fourth-order valence-corrected chi connectivity index (χ4v) is 2.51. The van der Waals surface area contributed by atoms with Crippen LogP contribution >= 0.6 is 0 Å². The average molecular weight is 217 g/mol. The highest BCUT2D eigenvalue weighted by Crippen LogP contribution is 2.35. The predicted octanol–water partition coefficient (Wildman–Crippen LogP) is 3.08. The average Bonchev–Trinajstić information content (AvgIpc) is 2.30. The van der Waals surface area contributed by atoms with Gasteiger partial charge in [0.15, 0.2) is 0 Å². The summed E-state index contributed by atoms with van der Waals surface area (Å²) in [5, 5.41) is 0. The lowest BCUT2D eigenvalue weighted by molar-refractivity contribution is 0.100. The van der Waals surface area contributed by atoms with Crippen molar-refractivity contribution >= 4 is 5.91 Å². The SMILES string of the molecule is CC1CCC(c2ccc(C(N)=O)cc2)CC1. The molecular formula is C14H19NO. The van der Waals surface area contributed by atoms with Gasteiger partial charge < -0.3 is 5.73 Å². The van der Waals surface area contributed by atoms with Gasteiger partial charge in [-0.2, -0.15) is 0 Å². The summed E-state index contributed by atoms with van der Waals surface area (Å²) in [6, 6.07) is 7.80. The highest BCUT2D eigenvalue weighted by molar-refractivity contribution is 5.92. The van der Waals surface area contributed by atoms with E-state index >= 15 is 0 Å². The Hall–Kier alpha value is -1.31. The van der Waals surface area contributed by atoms with Crippen molar-refractivity contribution in [2.75, 3.05) is 0 Å². The van der Waals surface area contributed by atoms with E-state index < -0.39 is 0 Å². The Labute approximate surface area is 96.8 Å². The van der Waals surface area contributed by atoms with Gasteiger partial charge in [0.1, 0.15) is 0 Å². The summed E-state index contributed by atoms with van der Waals surface area (Å²) >= 11 is 0. The third-order valence-electron chi connectivity index (χ3n) is 3.68. The second-order valence-electron chi connectivity index (χ2n) is 4.94. The molecule has 0 aliphatic heterocycles. The van der Waals surface area contributed by atoms with E-state index in [-0.39, 0.29) is 5.91 Å². The standard InChI is InChI=1S/C14H19NO/c1-10-2-4-11(5-3-10)12-6-8-13(9-7-12)14(15)16/h6-11H,2-5H2,1H3,(H2,15,16). The van der Waals surface area contributed by atoms with Gasteiger partial charge in [-0.05, 0) is 42.4 Å². The summed E-state index contributed by atoms with van der Waals surface area (Å²) < 4.78 is 0. The number of hydrogen-bond donors (Lipinski definition) is 1. The van der Waals surface area contributed by atoms with Crippen LogP contribution in [0, 0.1) is 5.92 Å². The lowest BCUT2D eigenvalue weighted by Crippen LogP contribution is -2.12. The summed E-state index contributed by atoms with van der Waals surface area (Å²) in [5.74, 6) is 1.21. The van der Waals surface area contributed by atoms with Crippen molar-refractivity contribution in [2.45, 2.75) is 38.5 Å². The first-order valence-electron chi connectivity index (χ1n) is 6.06. The molecule has 1 fully saturated rings. The Morgan fingerprint density at radius 2 is 1.69 bits per heavy atom. The summed E-state index contributed by atoms with van der Waals surface area (Å²) in [6.07, 6.45) is 5.19. The van der Waals surface area contributed by atoms with Crippen LogP contribution in [0.5, 0.6) is 0 Å². The maximum atomic E-state index is 11.0. The predicted molar refractivity (Wildman–Crippen MR) is 65.3 cm³/mol. The maximum Gasteiger partial charge on any atom is 0.248 e. The molecule has 0 saturated heterocycles. The number of primary amides is 1. The van der Waals surface area contributed by atoms with E-state index in [4.69, 9.17) is 5.73 Å². The van der Waals surface area contributed by atoms with Gasteiger partial charge in [-0.1, -0.05) is 31.9 Å². The Bertz CT molecular complexity index is 361. The Morgan fingerprint density at radius 1 is 1.12 bits per heavy atom. The molecule has 1 aliphatic carbocycles. The number of nitrogens with two attached hydrogens (primary N) is 1. The molecule has 2 heteroatoms. The third kappa shape index (κ3) is 2.43. The Morgan fingerprint density at radius 3 is 2.19 bits per heavy atom.